The molecule has 31 heavy (non-hydrogen) atoms. The van der Waals surface area contributed by atoms with Gasteiger partial charge in [0.25, 0.3) is 5.91 Å². The number of aryl methyl sites for hydroxylation is 1. The lowest BCUT2D eigenvalue weighted by Gasteiger charge is -2.22. The maximum absolute atomic E-state index is 13.7. The molecule has 0 saturated heterocycles. The lowest BCUT2D eigenvalue weighted by molar-refractivity contribution is 0.0981. The molecular weight excluding hydrogens is 434 g/mol. The van der Waals surface area contributed by atoms with Gasteiger partial charge >= 0.3 is 0 Å². The average Bonchev–Trinajstić information content (AvgIpc) is 3.24. The summed E-state index contributed by atoms with van der Waals surface area (Å²) in [5, 5.41) is 1.22. The van der Waals surface area contributed by atoms with Gasteiger partial charge in [-0.25, -0.2) is 4.98 Å². The summed E-state index contributed by atoms with van der Waals surface area (Å²) >= 11 is 7.73. The van der Waals surface area contributed by atoms with E-state index in [-0.39, 0.29) is 5.91 Å². The molecule has 0 aliphatic heterocycles. The van der Waals surface area contributed by atoms with Crippen molar-refractivity contribution in [2.45, 2.75) is 13.5 Å². The van der Waals surface area contributed by atoms with E-state index in [9.17, 15) is 4.79 Å². The zero-order valence-electron chi connectivity index (χ0n) is 17.3. The number of ether oxygens (including phenoxy) is 2. The molecule has 0 fully saturated rings. The van der Waals surface area contributed by atoms with Gasteiger partial charge in [-0.3, -0.25) is 14.7 Å². The molecular formula is C23H20ClN3O3S. The van der Waals surface area contributed by atoms with E-state index in [1.165, 1.54) is 18.4 Å². The highest BCUT2D eigenvalue weighted by Crippen LogP contribution is 2.37. The second-order valence-corrected chi connectivity index (χ2v) is 8.22. The Balaban J connectivity index is 1.84. The highest BCUT2D eigenvalue weighted by molar-refractivity contribution is 7.22. The molecule has 1 amide bonds. The molecule has 0 bridgehead atoms. The Morgan fingerprint density at radius 3 is 2.58 bits per heavy atom. The first-order chi connectivity index (χ1) is 15.0. The van der Waals surface area contributed by atoms with Gasteiger partial charge in [-0.05, 0) is 54.4 Å². The number of aromatic nitrogens is 2. The molecule has 0 atom stereocenters. The Morgan fingerprint density at radius 1 is 1.10 bits per heavy atom. The fourth-order valence-electron chi connectivity index (χ4n) is 3.30. The van der Waals surface area contributed by atoms with Crippen LogP contribution in [0.5, 0.6) is 11.5 Å². The minimum absolute atomic E-state index is 0.240. The fourth-order valence-corrected chi connectivity index (χ4v) is 4.48. The number of anilines is 1. The van der Waals surface area contributed by atoms with Crippen LogP contribution < -0.4 is 14.4 Å². The number of carbonyl (C=O) groups excluding carboxylic acids is 1. The highest BCUT2D eigenvalue weighted by atomic mass is 35.5. The molecule has 0 aliphatic rings. The zero-order valence-corrected chi connectivity index (χ0v) is 18.8. The van der Waals surface area contributed by atoms with Crippen molar-refractivity contribution in [1.82, 2.24) is 9.97 Å². The molecule has 0 saturated carbocycles. The largest absolute Gasteiger partial charge is 0.493 e. The number of amides is 1. The standard InChI is InChI=1S/C23H20ClN3O3S/c1-14-17(24)7-8-19-20(14)26-23(31-19)27(13-15-9-11-25-12-10-15)22(28)16-5-4-6-18(29-2)21(16)30-3/h4-12H,13H2,1-3H3. The topological polar surface area (TPSA) is 64.5 Å². The molecule has 4 aromatic rings. The lowest BCUT2D eigenvalue weighted by atomic mass is 10.1. The molecule has 8 heteroatoms. The van der Waals surface area contributed by atoms with Crippen molar-refractivity contribution in [3.8, 4) is 11.5 Å². The summed E-state index contributed by atoms with van der Waals surface area (Å²) in [6.07, 6.45) is 3.40. The summed E-state index contributed by atoms with van der Waals surface area (Å²) in [6, 6.07) is 12.8. The summed E-state index contributed by atoms with van der Waals surface area (Å²) in [4.78, 5) is 24.2. The maximum Gasteiger partial charge on any atom is 0.264 e. The van der Waals surface area contributed by atoms with Crippen LogP contribution in [-0.2, 0) is 6.54 Å². The normalized spacial score (nSPS) is 10.8. The third-order valence-corrected chi connectivity index (χ3v) is 6.39. The molecule has 0 aliphatic carbocycles. The van der Waals surface area contributed by atoms with E-state index in [4.69, 9.17) is 26.1 Å². The molecule has 2 aromatic carbocycles. The third kappa shape index (κ3) is 4.06. The number of fused-ring (bicyclic) bond motifs is 1. The lowest BCUT2D eigenvalue weighted by Crippen LogP contribution is -2.30. The number of rotatable bonds is 6. The van der Waals surface area contributed by atoms with E-state index >= 15 is 0 Å². The molecule has 6 nitrogen and oxygen atoms in total. The van der Waals surface area contributed by atoms with Crippen LogP contribution in [-0.4, -0.2) is 30.1 Å². The number of methoxy groups -OCH3 is 2. The monoisotopic (exact) mass is 453 g/mol. The molecule has 0 N–H and O–H groups in total. The average molecular weight is 454 g/mol. The van der Waals surface area contributed by atoms with Gasteiger partial charge in [0.05, 0.1) is 36.5 Å². The summed E-state index contributed by atoms with van der Waals surface area (Å²) in [5.74, 6) is 0.634. The van der Waals surface area contributed by atoms with Crippen LogP contribution in [0.2, 0.25) is 5.02 Å². The number of hydrogen-bond acceptors (Lipinski definition) is 6. The van der Waals surface area contributed by atoms with Crippen molar-refractivity contribution in [2.24, 2.45) is 0 Å². The molecule has 0 unspecified atom stereocenters. The predicted molar refractivity (Wildman–Crippen MR) is 124 cm³/mol. The highest BCUT2D eigenvalue weighted by Gasteiger charge is 2.26. The Kier molecular flexibility index (Phi) is 6.06. The number of para-hydroxylation sites is 1. The number of hydrogen-bond donors (Lipinski definition) is 0. The van der Waals surface area contributed by atoms with E-state index in [0.717, 1.165) is 21.3 Å². The third-order valence-electron chi connectivity index (χ3n) is 4.94. The Bertz CT molecular complexity index is 1240. The van der Waals surface area contributed by atoms with Crippen LogP contribution in [0.3, 0.4) is 0 Å². The minimum atomic E-state index is -0.240. The first-order valence-corrected chi connectivity index (χ1v) is 10.7. The van der Waals surface area contributed by atoms with E-state index in [1.54, 1.807) is 42.6 Å². The zero-order chi connectivity index (χ0) is 22.0. The fraction of sp³-hybridized carbons (Fsp3) is 0.174. The van der Waals surface area contributed by atoms with Crippen LogP contribution in [0.1, 0.15) is 21.5 Å². The van der Waals surface area contributed by atoms with E-state index in [0.29, 0.717) is 33.8 Å². The van der Waals surface area contributed by atoms with Crippen LogP contribution in [0.15, 0.2) is 54.9 Å². The van der Waals surface area contributed by atoms with Crippen molar-refractivity contribution in [3.63, 3.8) is 0 Å². The summed E-state index contributed by atoms with van der Waals surface area (Å²) in [6.45, 7) is 2.25. The molecule has 158 valence electrons. The number of thiazole rings is 1. The van der Waals surface area contributed by atoms with Crippen molar-refractivity contribution in [3.05, 3.63) is 76.6 Å². The van der Waals surface area contributed by atoms with Gasteiger partial charge in [0.15, 0.2) is 16.6 Å². The van der Waals surface area contributed by atoms with Gasteiger partial charge in [-0.15, -0.1) is 0 Å². The van der Waals surface area contributed by atoms with Gasteiger partial charge in [0.2, 0.25) is 0 Å². The summed E-state index contributed by atoms with van der Waals surface area (Å²) < 4.78 is 11.8. The quantitative estimate of drug-likeness (QED) is 0.384. The van der Waals surface area contributed by atoms with E-state index < -0.39 is 0 Å². The maximum atomic E-state index is 13.7. The van der Waals surface area contributed by atoms with Crippen molar-refractivity contribution in [1.29, 1.82) is 0 Å². The number of carbonyl (C=O) groups is 1. The SMILES string of the molecule is COc1cccc(C(=O)N(Cc2ccncc2)c2nc3c(C)c(Cl)ccc3s2)c1OC. The Hall–Kier alpha value is -3.16. The Morgan fingerprint density at radius 2 is 1.87 bits per heavy atom. The van der Waals surface area contributed by atoms with Gasteiger partial charge in [-0.2, -0.15) is 0 Å². The first kappa shape index (κ1) is 21.1. The number of halogens is 1. The molecule has 0 radical (unpaired) electrons. The summed E-state index contributed by atoms with van der Waals surface area (Å²) in [7, 11) is 3.06. The van der Waals surface area contributed by atoms with Crippen molar-refractivity contribution >= 4 is 44.2 Å². The van der Waals surface area contributed by atoms with Gasteiger partial charge in [0.1, 0.15) is 0 Å². The predicted octanol–water partition coefficient (Wildman–Crippen LogP) is 5.52. The van der Waals surface area contributed by atoms with Gasteiger partial charge in [-0.1, -0.05) is 29.0 Å². The van der Waals surface area contributed by atoms with Gasteiger partial charge in [0, 0.05) is 17.4 Å². The number of benzene rings is 2. The molecule has 4 rings (SSSR count). The number of nitrogens with zero attached hydrogens (tertiary/aromatic N) is 3. The van der Waals surface area contributed by atoms with E-state index in [1.807, 2.05) is 31.2 Å². The van der Waals surface area contributed by atoms with Crippen molar-refractivity contribution < 1.29 is 14.3 Å². The number of pyridine rings is 1. The second-order valence-electron chi connectivity index (χ2n) is 6.80. The second kappa shape index (κ2) is 8.91. The van der Waals surface area contributed by atoms with Crippen LogP contribution in [0, 0.1) is 6.92 Å². The molecule has 2 heterocycles. The van der Waals surface area contributed by atoms with Crippen molar-refractivity contribution in [2.75, 3.05) is 19.1 Å². The van der Waals surface area contributed by atoms with Crippen LogP contribution >= 0.6 is 22.9 Å². The smallest absolute Gasteiger partial charge is 0.264 e. The summed E-state index contributed by atoms with van der Waals surface area (Å²) in [5.41, 5.74) is 3.00. The van der Waals surface area contributed by atoms with Crippen LogP contribution in [0.25, 0.3) is 10.2 Å². The van der Waals surface area contributed by atoms with Gasteiger partial charge < -0.3 is 9.47 Å². The molecule has 0 spiro atoms. The van der Waals surface area contributed by atoms with Crippen LogP contribution in [0.4, 0.5) is 5.13 Å². The van der Waals surface area contributed by atoms with E-state index in [2.05, 4.69) is 4.98 Å². The Labute approximate surface area is 189 Å². The first-order valence-electron chi connectivity index (χ1n) is 9.51. The molecule has 2 aromatic heterocycles. The minimum Gasteiger partial charge on any atom is -0.493 e.